The molecular weight excluding hydrogens is 401 g/mol. The van der Waals surface area contributed by atoms with Crippen molar-refractivity contribution in [1.82, 2.24) is 4.72 Å². The van der Waals surface area contributed by atoms with E-state index in [1.54, 1.807) is 31.4 Å². The van der Waals surface area contributed by atoms with E-state index in [0.29, 0.717) is 13.0 Å². The molecule has 0 spiro atoms. The maximum Gasteiger partial charge on any atom is 0.240 e. The van der Waals surface area contributed by atoms with Gasteiger partial charge < -0.3 is 4.74 Å². The molecule has 0 fully saturated rings. The number of rotatable bonds is 6. The van der Waals surface area contributed by atoms with Crippen LogP contribution in [-0.2, 0) is 16.4 Å². The van der Waals surface area contributed by atoms with Gasteiger partial charge in [-0.05, 0) is 71.0 Å². The molecule has 112 valence electrons. The number of methoxy groups -OCH3 is 1. The van der Waals surface area contributed by atoms with Gasteiger partial charge in [0.25, 0.3) is 0 Å². The lowest BCUT2D eigenvalue weighted by Gasteiger charge is -2.08. The van der Waals surface area contributed by atoms with Gasteiger partial charge in [-0.15, -0.1) is 0 Å². The van der Waals surface area contributed by atoms with Gasteiger partial charge in [0, 0.05) is 10.1 Å². The monoisotopic (exact) mass is 417 g/mol. The summed E-state index contributed by atoms with van der Waals surface area (Å²) in [5.74, 6) is 0.771. The summed E-state index contributed by atoms with van der Waals surface area (Å²) in [6, 6.07) is 14.4. The minimum Gasteiger partial charge on any atom is -0.497 e. The van der Waals surface area contributed by atoms with Crippen molar-refractivity contribution in [3.8, 4) is 5.75 Å². The molecule has 0 unspecified atom stereocenters. The van der Waals surface area contributed by atoms with E-state index < -0.39 is 10.0 Å². The summed E-state index contributed by atoms with van der Waals surface area (Å²) < 4.78 is 33.0. The van der Waals surface area contributed by atoms with E-state index in [1.807, 2.05) is 24.3 Å². The number of halogens is 1. The summed E-state index contributed by atoms with van der Waals surface area (Å²) in [4.78, 5) is 0.286. The van der Waals surface area contributed by atoms with Gasteiger partial charge in [-0.3, -0.25) is 0 Å². The Hall–Kier alpha value is -1.12. The third kappa shape index (κ3) is 4.69. The third-order valence-corrected chi connectivity index (χ3v) is 5.16. The highest BCUT2D eigenvalue weighted by atomic mass is 127. The zero-order valence-electron chi connectivity index (χ0n) is 11.5. The summed E-state index contributed by atoms with van der Waals surface area (Å²) in [7, 11) is -1.84. The summed E-state index contributed by atoms with van der Waals surface area (Å²) >= 11 is 2.14. The molecule has 4 nitrogen and oxygen atoms in total. The molecule has 1 N–H and O–H groups in total. The molecule has 0 aliphatic rings. The van der Waals surface area contributed by atoms with E-state index >= 15 is 0 Å². The summed E-state index contributed by atoms with van der Waals surface area (Å²) in [6.45, 7) is 0.349. The minimum absolute atomic E-state index is 0.286. The Morgan fingerprint density at radius 1 is 1.14 bits per heavy atom. The first-order valence-electron chi connectivity index (χ1n) is 6.39. The number of hydrogen-bond acceptors (Lipinski definition) is 3. The van der Waals surface area contributed by atoms with Crippen LogP contribution in [0.2, 0.25) is 0 Å². The van der Waals surface area contributed by atoms with Crippen molar-refractivity contribution in [2.75, 3.05) is 13.7 Å². The zero-order valence-corrected chi connectivity index (χ0v) is 14.5. The molecule has 0 saturated carbocycles. The molecule has 2 aromatic carbocycles. The molecule has 0 atom stereocenters. The van der Waals surface area contributed by atoms with Gasteiger partial charge in [0.2, 0.25) is 10.0 Å². The maximum atomic E-state index is 12.1. The lowest BCUT2D eigenvalue weighted by atomic mass is 10.1. The lowest BCUT2D eigenvalue weighted by Crippen LogP contribution is -2.26. The molecule has 0 aliphatic carbocycles. The fourth-order valence-electron chi connectivity index (χ4n) is 1.85. The first kappa shape index (κ1) is 16.3. The second-order valence-electron chi connectivity index (χ2n) is 4.45. The Bertz CT molecular complexity index is 699. The molecule has 0 radical (unpaired) electrons. The van der Waals surface area contributed by atoms with Crippen LogP contribution in [0.4, 0.5) is 0 Å². The molecule has 0 amide bonds. The number of ether oxygens (including phenoxy) is 1. The van der Waals surface area contributed by atoms with Gasteiger partial charge in [0.05, 0.1) is 12.0 Å². The summed E-state index contributed by atoms with van der Waals surface area (Å²) in [5.41, 5.74) is 1.03. The van der Waals surface area contributed by atoms with Crippen molar-refractivity contribution >= 4 is 32.6 Å². The van der Waals surface area contributed by atoms with E-state index in [0.717, 1.165) is 14.9 Å². The van der Waals surface area contributed by atoms with Gasteiger partial charge in [0.15, 0.2) is 0 Å². The molecule has 0 bridgehead atoms. The van der Waals surface area contributed by atoms with Crippen LogP contribution in [0.3, 0.4) is 0 Å². The molecule has 2 aromatic rings. The van der Waals surface area contributed by atoms with Gasteiger partial charge in [-0.25, -0.2) is 13.1 Å². The second-order valence-corrected chi connectivity index (χ2v) is 7.47. The zero-order chi connectivity index (χ0) is 15.3. The molecular formula is C15H16INO3S. The predicted octanol–water partition coefficient (Wildman–Crippen LogP) is 2.82. The summed E-state index contributed by atoms with van der Waals surface area (Å²) in [6.07, 6.45) is 0.612. The topological polar surface area (TPSA) is 55.4 Å². The molecule has 0 aliphatic heterocycles. The molecule has 0 heterocycles. The fourth-order valence-corrected chi connectivity index (χ4v) is 3.25. The van der Waals surface area contributed by atoms with Gasteiger partial charge in [-0.2, -0.15) is 0 Å². The molecule has 2 rings (SSSR count). The Morgan fingerprint density at radius 2 is 1.86 bits per heavy atom. The Morgan fingerprint density at radius 3 is 2.52 bits per heavy atom. The number of benzene rings is 2. The smallest absolute Gasteiger partial charge is 0.240 e. The largest absolute Gasteiger partial charge is 0.497 e. The van der Waals surface area contributed by atoms with Crippen LogP contribution >= 0.6 is 22.6 Å². The van der Waals surface area contributed by atoms with Crippen LogP contribution < -0.4 is 9.46 Å². The fraction of sp³-hybridized carbons (Fsp3) is 0.200. The normalized spacial score (nSPS) is 11.3. The van der Waals surface area contributed by atoms with Crippen molar-refractivity contribution < 1.29 is 13.2 Å². The average molecular weight is 417 g/mol. The van der Waals surface area contributed by atoms with E-state index in [1.165, 1.54) is 0 Å². The first-order chi connectivity index (χ1) is 10.0. The highest BCUT2D eigenvalue weighted by Gasteiger charge is 2.12. The molecule has 0 saturated heterocycles. The van der Waals surface area contributed by atoms with Crippen LogP contribution in [-0.4, -0.2) is 22.1 Å². The molecule has 21 heavy (non-hydrogen) atoms. The van der Waals surface area contributed by atoms with Crippen LogP contribution in [0.5, 0.6) is 5.75 Å². The van der Waals surface area contributed by atoms with Crippen LogP contribution in [0, 0.1) is 3.57 Å². The van der Waals surface area contributed by atoms with E-state index in [9.17, 15) is 8.42 Å². The lowest BCUT2D eigenvalue weighted by molar-refractivity contribution is 0.414. The van der Waals surface area contributed by atoms with Crippen molar-refractivity contribution in [1.29, 1.82) is 0 Å². The quantitative estimate of drug-likeness (QED) is 0.736. The van der Waals surface area contributed by atoms with E-state index in [2.05, 4.69) is 27.3 Å². The number of hydrogen-bond donors (Lipinski definition) is 1. The second kappa shape index (κ2) is 7.24. The standard InChI is InChI=1S/C15H16INO3S/c1-20-14-4-2-3-12(11-14)9-10-17-21(18,19)15-7-5-13(16)6-8-15/h2-8,11,17H,9-10H2,1H3. The SMILES string of the molecule is COc1cccc(CCNS(=O)(=O)c2ccc(I)cc2)c1. The maximum absolute atomic E-state index is 12.1. The Labute approximate surface area is 138 Å². The van der Waals surface area contributed by atoms with Crippen molar-refractivity contribution in [3.63, 3.8) is 0 Å². The summed E-state index contributed by atoms with van der Waals surface area (Å²) in [5, 5.41) is 0. The highest BCUT2D eigenvalue weighted by molar-refractivity contribution is 14.1. The minimum atomic E-state index is -3.45. The number of nitrogens with one attached hydrogen (secondary N) is 1. The van der Waals surface area contributed by atoms with Gasteiger partial charge in [0.1, 0.15) is 5.75 Å². The molecule has 6 heteroatoms. The van der Waals surface area contributed by atoms with Crippen LogP contribution in [0.25, 0.3) is 0 Å². The van der Waals surface area contributed by atoms with Gasteiger partial charge >= 0.3 is 0 Å². The van der Waals surface area contributed by atoms with Crippen LogP contribution in [0.1, 0.15) is 5.56 Å². The average Bonchev–Trinajstić information content (AvgIpc) is 2.48. The van der Waals surface area contributed by atoms with Crippen LogP contribution in [0.15, 0.2) is 53.4 Å². The van der Waals surface area contributed by atoms with Crippen molar-refractivity contribution in [2.24, 2.45) is 0 Å². The van der Waals surface area contributed by atoms with E-state index in [4.69, 9.17) is 4.74 Å². The first-order valence-corrected chi connectivity index (χ1v) is 8.95. The highest BCUT2D eigenvalue weighted by Crippen LogP contribution is 2.14. The predicted molar refractivity (Wildman–Crippen MR) is 91.0 cm³/mol. The van der Waals surface area contributed by atoms with E-state index in [-0.39, 0.29) is 4.90 Å². The molecule has 0 aromatic heterocycles. The van der Waals surface area contributed by atoms with Crippen molar-refractivity contribution in [3.05, 3.63) is 57.7 Å². The van der Waals surface area contributed by atoms with Crippen molar-refractivity contribution in [2.45, 2.75) is 11.3 Å². The third-order valence-electron chi connectivity index (χ3n) is 2.96. The Balaban J connectivity index is 1.97. The van der Waals surface area contributed by atoms with Gasteiger partial charge in [-0.1, -0.05) is 12.1 Å². The number of sulfonamides is 1. The Kier molecular flexibility index (Phi) is 5.60.